The first-order valence-electron chi connectivity index (χ1n) is 14.3. The lowest BCUT2D eigenvalue weighted by atomic mass is 9.92. The van der Waals surface area contributed by atoms with Gasteiger partial charge in [-0.05, 0) is 57.2 Å². The number of likely N-dealkylation sites (tertiary alicyclic amines) is 1. The van der Waals surface area contributed by atoms with Crippen molar-refractivity contribution in [3.05, 3.63) is 66.6 Å². The Labute approximate surface area is 239 Å². The van der Waals surface area contributed by atoms with E-state index in [0.29, 0.717) is 38.8 Å². The van der Waals surface area contributed by atoms with Crippen LogP contribution in [0.25, 0.3) is 22.9 Å². The first kappa shape index (κ1) is 26.9. The molecule has 6 rings (SSSR count). The molecule has 4 aromatic rings. The topological polar surface area (TPSA) is 96.5 Å². The van der Waals surface area contributed by atoms with E-state index in [9.17, 15) is 4.79 Å². The van der Waals surface area contributed by atoms with Crippen molar-refractivity contribution in [2.24, 2.45) is 5.92 Å². The van der Waals surface area contributed by atoms with Crippen molar-refractivity contribution in [2.45, 2.75) is 58.9 Å². The normalized spacial score (nSPS) is 16.0. The molecule has 1 unspecified atom stereocenters. The maximum Gasteiger partial charge on any atom is 0.410 e. The van der Waals surface area contributed by atoms with Gasteiger partial charge < -0.3 is 23.7 Å². The summed E-state index contributed by atoms with van der Waals surface area (Å²) in [5, 5.41) is 4.36. The first-order valence-corrected chi connectivity index (χ1v) is 14.3. The number of hydrogen-bond donors (Lipinski definition) is 0. The fraction of sp³-hybridized carbons (Fsp3) is 0.419. The SMILES string of the molecule is CC(Oc1ccc2c(c1)OCCn1cc(-c3ncnn3C(C)C)nc1-2)C1CCN(C(=O)OCc2ccccc2)CC1. The van der Waals surface area contributed by atoms with Gasteiger partial charge in [0.15, 0.2) is 5.82 Å². The van der Waals surface area contributed by atoms with Gasteiger partial charge >= 0.3 is 6.09 Å². The van der Waals surface area contributed by atoms with E-state index >= 15 is 0 Å². The van der Waals surface area contributed by atoms with Gasteiger partial charge in [-0.1, -0.05) is 30.3 Å². The lowest BCUT2D eigenvalue weighted by Crippen LogP contribution is -2.42. The van der Waals surface area contributed by atoms with Crippen LogP contribution >= 0.6 is 0 Å². The molecule has 0 bridgehead atoms. The highest BCUT2D eigenvalue weighted by atomic mass is 16.6. The second-order valence-corrected chi connectivity index (χ2v) is 11.0. The van der Waals surface area contributed by atoms with Crippen molar-refractivity contribution in [1.29, 1.82) is 0 Å². The molecule has 2 aliphatic heterocycles. The molecule has 0 N–H and O–H groups in total. The van der Waals surface area contributed by atoms with Gasteiger partial charge in [0.05, 0.1) is 18.2 Å². The van der Waals surface area contributed by atoms with Crippen molar-refractivity contribution in [2.75, 3.05) is 19.7 Å². The summed E-state index contributed by atoms with van der Waals surface area (Å²) >= 11 is 0. The van der Waals surface area contributed by atoms with E-state index in [-0.39, 0.29) is 18.2 Å². The van der Waals surface area contributed by atoms with Crippen molar-refractivity contribution >= 4 is 6.09 Å². The molecule has 1 fully saturated rings. The predicted octanol–water partition coefficient (Wildman–Crippen LogP) is 5.60. The molecular formula is C31H36N6O4. The van der Waals surface area contributed by atoms with Crippen molar-refractivity contribution in [3.8, 4) is 34.4 Å². The molecule has 214 valence electrons. The highest BCUT2D eigenvalue weighted by Gasteiger charge is 2.29. The Morgan fingerprint density at radius 3 is 2.63 bits per heavy atom. The van der Waals surface area contributed by atoms with Gasteiger partial charge in [0, 0.05) is 31.4 Å². The van der Waals surface area contributed by atoms with Crippen molar-refractivity contribution < 1.29 is 19.0 Å². The average molecular weight is 557 g/mol. The number of fused-ring (bicyclic) bond motifs is 3. The summed E-state index contributed by atoms with van der Waals surface area (Å²) < 4.78 is 22.0. The number of piperidine rings is 1. The van der Waals surface area contributed by atoms with Crippen LogP contribution in [0.2, 0.25) is 0 Å². The van der Waals surface area contributed by atoms with Gasteiger partial charge in [0.2, 0.25) is 0 Å². The van der Waals surface area contributed by atoms with Crippen LogP contribution in [0.3, 0.4) is 0 Å². The third-order valence-corrected chi connectivity index (χ3v) is 7.84. The summed E-state index contributed by atoms with van der Waals surface area (Å²) in [5.74, 6) is 3.46. The zero-order valence-corrected chi connectivity index (χ0v) is 23.8. The molecule has 10 heteroatoms. The summed E-state index contributed by atoms with van der Waals surface area (Å²) in [7, 11) is 0. The summed E-state index contributed by atoms with van der Waals surface area (Å²) in [6.45, 7) is 9.09. The molecule has 41 heavy (non-hydrogen) atoms. The van der Waals surface area contributed by atoms with Crippen LogP contribution in [-0.2, 0) is 17.9 Å². The summed E-state index contributed by atoms with van der Waals surface area (Å²) in [5.41, 5.74) is 2.71. The average Bonchev–Trinajstić information content (AvgIpc) is 3.61. The number of benzene rings is 2. The van der Waals surface area contributed by atoms with E-state index in [0.717, 1.165) is 52.8 Å². The monoisotopic (exact) mass is 556 g/mol. The van der Waals surface area contributed by atoms with Gasteiger partial charge in [-0.15, -0.1) is 0 Å². The Balaban J connectivity index is 1.08. The smallest absolute Gasteiger partial charge is 0.410 e. The molecule has 2 aliphatic rings. The van der Waals surface area contributed by atoms with Crippen LogP contribution in [0.5, 0.6) is 11.5 Å². The van der Waals surface area contributed by atoms with E-state index < -0.39 is 0 Å². The van der Waals surface area contributed by atoms with E-state index in [1.807, 2.05) is 59.4 Å². The maximum atomic E-state index is 12.5. The standard InChI is InChI=1S/C31H36N6O4/c1-21(2)37-30(32-20-33-37)27-18-36-15-16-39-28-17-25(9-10-26(28)29(36)34-27)41-22(3)24-11-13-35(14-12-24)31(38)40-19-23-7-5-4-6-8-23/h4-10,17-18,20-22,24H,11-16,19H2,1-3H3. The Kier molecular flexibility index (Phi) is 7.63. The lowest BCUT2D eigenvalue weighted by molar-refractivity contribution is 0.0604. The molecule has 2 aromatic carbocycles. The fourth-order valence-corrected chi connectivity index (χ4v) is 5.53. The van der Waals surface area contributed by atoms with Crippen LogP contribution in [0.4, 0.5) is 4.79 Å². The molecular weight excluding hydrogens is 520 g/mol. The number of amides is 1. The van der Waals surface area contributed by atoms with Crippen LogP contribution in [-0.4, -0.2) is 61.1 Å². The molecule has 0 aliphatic carbocycles. The molecule has 10 nitrogen and oxygen atoms in total. The zero-order chi connectivity index (χ0) is 28.3. The van der Waals surface area contributed by atoms with Crippen LogP contribution in [0.1, 0.15) is 45.2 Å². The molecule has 1 saturated heterocycles. The van der Waals surface area contributed by atoms with Gasteiger partial charge in [0.1, 0.15) is 42.6 Å². The van der Waals surface area contributed by atoms with Gasteiger partial charge in [0.25, 0.3) is 0 Å². The number of aromatic nitrogens is 5. The molecule has 0 radical (unpaired) electrons. The minimum absolute atomic E-state index is 0.00250. The van der Waals surface area contributed by atoms with Crippen LogP contribution in [0.15, 0.2) is 61.1 Å². The number of imidazole rings is 1. The Hall–Kier alpha value is -4.34. The van der Waals surface area contributed by atoms with Crippen molar-refractivity contribution in [1.82, 2.24) is 29.2 Å². The first-order chi connectivity index (χ1) is 20.0. The Bertz CT molecular complexity index is 1490. The van der Waals surface area contributed by atoms with E-state index in [1.165, 1.54) is 0 Å². The summed E-state index contributed by atoms with van der Waals surface area (Å²) in [6, 6.07) is 15.9. The van der Waals surface area contributed by atoms with Crippen molar-refractivity contribution in [3.63, 3.8) is 0 Å². The number of carbonyl (C=O) groups excluding carboxylic acids is 1. The molecule has 1 amide bonds. The molecule has 4 heterocycles. The molecule has 2 aromatic heterocycles. The second kappa shape index (κ2) is 11.6. The highest BCUT2D eigenvalue weighted by Crippen LogP contribution is 2.37. The van der Waals surface area contributed by atoms with E-state index in [1.54, 1.807) is 11.2 Å². The number of hydrogen-bond acceptors (Lipinski definition) is 7. The summed E-state index contributed by atoms with van der Waals surface area (Å²) in [4.78, 5) is 23.7. The number of rotatable bonds is 7. The van der Waals surface area contributed by atoms with Gasteiger partial charge in [-0.3, -0.25) is 0 Å². The zero-order valence-electron chi connectivity index (χ0n) is 23.8. The second-order valence-electron chi connectivity index (χ2n) is 11.0. The quantitative estimate of drug-likeness (QED) is 0.292. The lowest BCUT2D eigenvalue weighted by Gasteiger charge is -2.34. The van der Waals surface area contributed by atoms with Gasteiger partial charge in [-0.2, -0.15) is 5.10 Å². The number of carbonyl (C=O) groups is 1. The summed E-state index contributed by atoms with van der Waals surface area (Å²) in [6.07, 6.45) is 5.07. The van der Waals surface area contributed by atoms with E-state index in [4.69, 9.17) is 19.2 Å². The third-order valence-electron chi connectivity index (χ3n) is 7.84. The van der Waals surface area contributed by atoms with Crippen LogP contribution < -0.4 is 9.47 Å². The third kappa shape index (κ3) is 5.77. The largest absolute Gasteiger partial charge is 0.491 e. The number of nitrogens with zero attached hydrogens (tertiary/aromatic N) is 6. The molecule has 1 atom stereocenters. The predicted molar refractivity (Wildman–Crippen MR) is 154 cm³/mol. The minimum Gasteiger partial charge on any atom is -0.491 e. The van der Waals surface area contributed by atoms with Crippen LogP contribution in [0, 0.1) is 5.92 Å². The Morgan fingerprint density at radius 1 is 1.05 bits per heavy atom. The Morgan fingerprint density at radius 2 is 1.85 bits per heavy atom. The minimum atomic E-state index is -0.255. The number of ether oxygens (including phenoxy) is 3. The van der Waals surface area contributed by atoms with Gasteiger partial charge in [-0.25, -0.2) is 19.4 Å². The van der Waals surface area contributed by atoms with E-state index in [2.05, 4.69) is 35.4 Å². The maximum absolute atomic E-state index is 12.5. The molecule has 0 spiro atoms. The highest BCUT2D eigenvalue weighted by molar-refractivity contribution is 5.69. The molecule has 0 saturated carbocycles. The fourth-order valence-electron chi connectivity index (χ4n) is 5.53.